The molecule has 1 amide bonds. The van der Waals surface area contributed by atoms with Gasteiger partial charge in [-0.3, -0.25) is 4.79 Å². The van der Waals surface area contributed by atoms with Gasteiger partial charge in [0.1, 0.15) is 0 Å². The summed E-state index contributed by atoms with van der Waals surface area (Å²) in [5.74, 6) is 0.210. The largest absolute Gasteiger partial charge is 0.332 e. The fourth-order valence-corrected chi connectivity index (χ4v) is 3.08. The number of benzene rings is 1. The molecule has 0 heterocycles. The number of carbonyl (C=O) groups is 1. The van der Waals surface area contributed by atoms with E-state index < -0.39 is 0 Å². The molecule has 0 saturated heterocycles. The number of allylic oxidation sites excluding steroid dienone is 2. The summed E-state index contributed by atoms with van der Waals surface area (Å²) in [5.41, 5.74) is 2.01. The van der Waals surface area contributed by atoms with Gasteiger partial charge in [-0.2, -0.15) is 0 Å². The molecule has 0 bridgehead atoms. The molecular formula is C17H21ClN2OS. The summed E-state index contributed by atoms with van der Waals surface area (Å²) < 4.78 is 0. The highest BCUT2D eigenvalue weighted by Gasteiger charge is 2.60. The molecule has 1 saturated carbocycles. The molecule has 22 heavy (non-hydrogen) atoms. The van der Waals surface area contributed by atoms with E-state index in [0.29, 0.717) is 10.1 Å². The van der Waals surface area contributed by atoms with Crippen molar-refractivity contribution in [1.82, 2.24) is 5.32 Å². The molecule has 1 fully saturated rings. The third-order valence-electron chi connectivity index (χ3n) is 4.04. The Labute approximate surface area is 142 Å². The number of halogens is 1. The quantitative estimate of drug-likeness (QED) is 0.635. The first-order chi connectivity index (χ1) is 10.2. The van der Waals surface area contributed by atoms with Crippen LogP contribution >= 0.6 is 23.8 Å². The molecule has 0 aliphatic heterocycles. The molecule has 2 atom stereocenters. The van der Waals surface area contributed by atoms with E-state index >= 15 is 0 Å². The van der Waals surface area contributed by atoms with E-state index in [-0.39, 0.29) is 23.2 Å². The third-order valence-corrected chi connectivity index (χ3v) is 4.50. The van der Waals surface area contributed by atoms with Gasteiger partial charge in [-0.15, -0.1) is 0 Å². The van der Waals surface area contributed by atoms with Crippen molar-refractivity contribution in [3.8, 4) is 0 Å². The number of anilines is 1. The first kappa shape index (κ1) is 17.0. The minimum Gasteiger partial charge on any atom is -0.332 e. The van der Waals surface area contributed by atoms with E-state index in [1.165, 1.54) is 5.57 Å². The lowest BCUT2D eigenvalue weighted by Gasteiger charge is -2.10. The van der Waals surface area contributed by atoms with Gasteiger partial charge in [-0.25, -0.2) is 0 Å². The van der Waals surface area contributed by atoms with Crippen LogP contribution in [0.3, 0.4) is 0 Å². The van der Waals surface area contributed by atoms with Gasteiger partial charge in [-0.05, 0) is 61.7 Å². The van der Waals surface area contributed by atoms with Crippen LogP contribution in [0, 0.1) is 17.3 Å². The molecule has 1 aliphatic rings. The van der Waals surface area contributed by atoms with Crippen molar-refractivity contribution in [3.63, 3.8) is 0 Å². The second kappa shape index (κ2) is 6.39. The number of amides is 1. The maximum atomic E-state index is 12.4. The topological polar surface area (TPSA) is 41.1 Å². The Morgan fingerprint density at radius 3 is 2.41 bits per heavy atom. The molecule has 0 spiro atoms. The predicted molar refractivity (Wildman–Crippen MR) is 96.0 cm³/mol. The normalized spacial score (nSPS) is 21.7. The van der Waals surface area contributed by atoms with Gasteiger partial charge in [0.05, 0.1) is 5.92 Å². The van der Waals surface area contributed by atoms with Crippen LogP contribution in [0.1, 0.15) is 27.7 Å². The van der Waals surface area contributed by atoms with Gasteiger partial charge in [0.15, 0.2) is 5.11 Å². The summed E-state index contributed by atoms with van der Waals surface area (Å²) in [6.45, 7) is 8.32. The lowest BCUT2D eigenvalue weighted by Crippen LogP contribution is -2.36. The Hall–Kier alpha value is -1.39. The molecular weight excluding hydrogens is 316 g/mol. The molecule has 0 aromatic heterocycles. The van der Waals surface area contributed by atoms with Crippen LogP contribution in [-0.4, -0.2) is 11.0 Å². The van der Waals surface area contributed by atoms with Crippen LogP contribution in [-0.2, 0) is 4.79 Å². The lowest BCUT2D eigenvalue weighted by atomic mass is 10.1. The monoisotopic (exact) mass is 336 g/mol. The summed E-state index contributed by atoms with van der Waals surface area (Å²) in [7, 11) is 0. The average molecular weight is 337 g/mol. The molecule has 1 aromatic carbocycles. The Bertz CT molecular complexity index is 618. The van der Waals surface area contributed by atoms with E-state index in [9.17, 15) is 4.79 Å². The number of thiocarbonyl (C=S) groups is 1. The molecule has 2 N–H and O–H groups in total. The third kappa shape index (κ3) is 3.87. The molecule has 2 rings (SSSR count). The van der Waals surface area contributed by atoms with E-state index in [4.69, 9.17) is 23.8 Å². The maximum absolute atomic E-state index is 12.4. The van der Waals surface area contributed by atoms with Crippen LogP contribution in [0.4, 0.5) is 5.69 Å². The molecule has 5 heteroatoms. The summed E-state index contributed by atoms with van der Waals surface area (Å²) in [6.07, 6.45) is 2.17. The zero-order chi connectivity index (χ0) is 16.5. The molecule has 1 aromatic rings. The summed E-state index contributed by atoms with van der Waals surface area (Å²) in [4.78, 5) is 12.4. The van der Waals surface area contributed by atoms with Crippen molar-refractivity contribution in [1.29, 1.82) is 0 Å². The van der Waals surface area contributed by atoms with Crippen LogP contribution in [0.25, 0.3) is 0 Å². The van der Waals surface area contributed by atoms with Gasteiger partial charge in [0.25, 0.3) is 0 Å². The van der Waals surface area contributed by atoms with Crippen molar-refractivity contribution < 1.29 is 4.79 Å². The Morgan fingerprint density at radius 2 is 1.86 bits per heavy atom. The number of hydrogen-bond acceptors (Lipinski definition) is 2. The average Bonchev–Trinajstić information content (AvgIpc) is 2.92. The minimum absolute atomic E-state index is 0.0166. The zero-order valence-electron chi connectivity index (χ0n) is 13.2. The van der Waals surface area contributed by atoms with Gasteiger partial charge in [0, 0.05) is 10.7 Å². The van der Waals surface area contributed by atoms with Crippen molar-refractivity contribution in [2.75, 3.05) is 5.32 Å². The second-order valence-corrected chi connectivity index (χ2v) is 7.36. The van der Waals surface area contributed by atoms with E-state index in [0.717, 1.165) is 5.69 Å². The second-order valence-electron chi connectivity index (χ2n) is 6.52. The highest BCUT2D eigenvalue weighted by Crippen LogP contribution is 2.59. The fraction of sp³-hybridized carbons (Fsp3) is 0.412. The maximum Gasteiger partial charge on any atom is 0.230 e. The first-order valence-electron chi connectivity index (χ1n) is 7.24. The van der Waals surface area contributed by atoms with E-state index in [1.807, 2.05) is 12.1 Å². The van der Waals surface area contributed by atoms with Crippen LogP contribution in [0.5, 0.6) is 0 Å². The summed E-state index contributed by atoms with van der Waals surface area (Å²) in [5, 5.41) is 6.74. The van der Waals surface area contributed by atoms with Crippen molar-refractivity contribution in [3.05, 3.63) is 40.9 Å². The highest BCUT2D eigenvalue weighted by atomic mass is 35.5. The predicted octanol–water partition coefficient (Wildman–Crippen LogP) is 4.39. The van der Waals surface area contributed by atoms with Crippen molar-refractivity contribution >= 4 is 40.5 Å². The number of rotatable bonds is 3. The Morgan fingerprint density at radius 1 is 1.27 bits per heavy atom. The van der Waals surface area contributed by atoms with Crippen LogP contribution in [0.2, 0.25) is 5.02 Å². The Kier molecular flexibility index (Phi) is 4.93. The number of carbonyl (C=O) groups excluding carboxylic acids is 1. The minimum atomic E-state index is -0.0348. The van der Waals surface area contributed by atoms with Crippen LogP contribution < -0.4 is 10.6 Å². The van der Waals surface area contributed by atoms with E-state index in [1.54, 1.807) is 12.1 Å². The summed E-state index contributed by atoms with van der Waals surface area (Å²) >= 11 is 11.0. The van der Waals surface area contributed by atoms with Gasteiger partial charge in [-0.1, -0.05) is 37.1 Å². The van der Waals surface area contributed by atoms with Crippen LogP contribution in [0.15, 0.2) is 35.9 Å². The highest BCUT2D eigenvalue weighted by molar-refractivity contribution is 7.80. The standard InChI is InChI=1S/C17H21ClN2OS/c1-10(2)9-13-14(17(13,3)4)15(21)20-16(22)19-12-7-5-11(18)6-8-12/h5-9,13-14H,1-4H3,(H2,19,20,21,22)/t13-,14+/m0/s1. The molecule has 0 radical (unpaired) electrons. The molecule has 118 valence electrons. The Balaban J connectivity index is 1.93. The van der Waals surface area contributed by atoms with Gasteiger partial charge < -0.3 is 10.6 Å². The lowest BCUT2D eigenvalue weighted by molar-refractivity contribution is -0.121. The van der Waals surface area contributed by atoms with Crippen molar-refractivity contribution in [2.45, 2.75) is 27.7 Å². The SMILES string of the molecule is CC(C)=C[C@H]1[C@H](C(=O)NC(=S)Nc2ccc(Cl)cc2)C1(C)C. The number of nitrogens with one attached hydrogen (secondary N) is 2. The van der Waals surface area contributed by atoms with E-state index in [2.05, 4.69) is 44.4 Å². The summed E-state index contributed by atoms with van der Waals surface area (Å²) in [6, 6.07) is 7.16. The van der Waals surface area contributed by atoms with Gasteiger partial charge >= 0.3 is 0 Å². The molecule has 0 unspecified atom stereocenters. The molecule has 1 aliphatic carbocycles. The molecule has 3 nitrogen and oxygen atoms in total. The smallest absolute Gasteiger partial charge is 0.230 e. The van der Waals surface area contributed by atoms with Gasteiger partial charge in [0.2, 0.25) is 5.91 Å². The zero-order valence-corrected chi connectivity index (χ0v) is 14.8. The van der Waals surface area contributed by atoms with Crippen molar-refractivity contribution in [2.24, 2.45) is 17.3 Å². The number of hydrogen-bond donors (Lipinski definition) is 2. The first-order valence-corrected chi connectivity index (χ1v) is 8.03. The fourth-order valence-electron chi connectivity index (χ4n) is 2.73.